The van der Waals surface area contributed by atoms with Crippen molar-refractivity contribution in [1.29, 1.82) is 0 Å². The number of phenols is 1. The molecule has 0 bridgehead atoms. The van der Waals surface area contributed by atoms with Crippen LogP contribution in [0, 0.1) is 17.8 Å². The number of carbonyl (C=O) groups is 10. The van der Waals surface area contributed by atoms with Crippen LogP contribution >= 0.6 is 0 Å². The maximum atomic E-state index is 14.5. The molecule has 14 N–H and O–H groups in total. The van der Waals surface area contributed by atoms with Crippen LogP contribution < -0.4 is 43.0 Å². The van der Waals surface area contributed by atoms with Crippen LogP contribution in [0.25, 0.3) is 10.9 Å². The smallest absolute Gasteiger partial charge is 0.326 e. The number of H-pyrrole nitrogens is 1. The molecule has 23 heteroatoms. The summed E-state index contributed by atoms with van der Waals surface area (Å²) in [6.45, 7) is 9.67. The van der Waals surface area contributed by atoms with Crippen LogP contribution in [0.3, 0.4) is 0 Å². The van der Waals surface area contributed by atoms with Crippen molar-refractivity contribution in [1.82, 2.24) is 42.2 Å². The number of para-hydroxylation sites is 1. The Hall–Kier alpha value is -8.34. The van der Waals surface area contributed by atoms with Crippen molar-refractivity contribution in [2.24, 2.45) is 23.5 Å². The number of hydrogen-bond donors (Lipinski definition) is 13. The monoisotopic (exact) mass is 1070 g/mol. The van der Waals surface area contributed by atoms with Crippen molar-refractivity contribution >= 4 is 70.2 Å². The van der Waals surface area contributed by atoms with E-state index in [-0.39, 0.29) is 31.4 Å². The highest BCUT2D eigenvalue weighted by Crippen LogP contribution is 2.20. The van der Waals surface area contributed by atoms with Gasteiger partial charge in [0.25, 0.3) is 0 Å². The Morgan fingerprint density at radius 3 is 1.40 bits per heavy atom. The lowest BCUT2D eigenvalue weighted by Crippen LogP contribution is -2.62. The molecular formula is C54H71N9O14. The summed E-state index contributed by atoms with van der Waals surface area (Å²) in [5.74, 6) is -11.9. The van der Waals surface area contributed by atoms with E-state index in [0.717, 1.165) is 10.9 Å². The number of aliphatic carboxylic acids is 3. The van der Waals surface area contributed by atoms with Gasteiger partial charge in [-0.1, -0.05) is 102 Å². The molecule has 0 unspecified atom stereocenters. The summed E-state index contributed by atoms with van der Waals surface area (Å²) in [6.07, 6.45) is -0.581. The van der Waals surface area contributed by atoms with Gasteiger partial charge in [-0.2, -0.15) is 0 Å². The van der Waals surface area contributed by atoms with Crippen LogP contribution in [-0.4, -0.2) is 133 Å². The molecule has 7 amide bonds. The minimum Gasteiger partial charge on any atom is -0.508 e. The first-order chi connectivity index (χ1) is 36.3. The van der Waals surface area contributed by atoms with Gasteiger partial charge in [0.2, 0.25) is 41.4 Å². The number of fused-ring (bicyclic) bond motifs is 1. The Labute approximate surface area is 445 Å². The average molecular weight is 1070 g/mol. The first-order valence-electron chi connectivity index (χ1n) is 25.3. The number of hydrogen-bond acceptors (Lipinski definition) is 12. The van der Waals surface area contributed by atoms with Crippen LogP contribution in [0.2, 0.25) is 0 Å². The second-order valence-electron chi connectivity index (χ2n) is 19.9. The number of benzene rings is 3. The van der Waals surface area contributed by atoms with E-state index >= 15 is 0 Å². The van der Waals surface area contributed by atoms with Crippen molar-refractivity contribution in [2.75, 3.05) is 0 Å². The quantitative estimate of drug-likeness (QED) is 0.0351. The van der Waals surface area contributed by atoms with E-state index in [1.807, 2.05) is 18.2 Å². The van der Waals surface area contributed by atoms with Gasteiger partial charge < -0.3 is 68.4 Å². The highest BCUT2D eigenvalue weighted by molar-refractivity contribution is 5.98. The van der Waals surface area contributed by atoms with E-state index < -0.39 is 145 Å². The summed E-state index contributed by atoms with van der Waals surface area (Å²) in [7, 11) is 0. The molecule has 0 spiro atoms. The molecule has 0 aliphatic carbocycles. The minimum absolute atomic E-state index is 0.0830. The number of amides is 7. The fourth-order valence-electron chi connectivity index (χ4n) is 8.23. The Bertz CT molecular complexity index is 2710. The van der Waals surface area contributed by atoms with Gasteiger partial charge in [-0.25, -0.2) is 4.79 Å². The molecule has 8 atom stereocenters. The second-order valence-corrected chi connectivity index (χ2v) is 19.9. The molecule has 0 radical (unpaired) electrons. The molecule has 1 aromatic heterocycles. The minimum atomic E-state index is -1.63. The number of rotatable bonds is 30. The van der Waals surface area contributed by atoms with E-state index in [0.29, 0.717) is 16.7 Å². The molecule has 3 aromatic carbocycles. The highest BCUT2D eigenvalue weighted by Gasteiger charge is 2.37. The second kappa shape index (κ2) is 29.1. The zero-order valence-electron chi connectivity index (χ0n) is 43.8. The molecule has 23 nitrogen and oxygen atoms in total. The van der Waals surface area contributed by atoms with Crippen molar-refractivity contribution < 1.29 is 68.4 Å². The zero-order chi connectivity index (χ0) is 57.1. The van der Waals surface area contributed by atoms with Crippen molar-refractivity contribution in [3.63, 3.8) is 0 Å². The molecule has 4 rings (SSSR count). The largest absolute Gasteiger partial charge is 0.508 e. The zero-order valence-corrected chi connectivity index (χ0v) is 43.8. The number of aromatic nitrogens is 1. The fourth-order valence-corrected chi connectivity index (χ4v) is 8.23. The van der Waals surface area contributed by atoms with Crippen molar-refractivity contribution in [3.05, 3.63) is 102 Å². The Morgan fingerprint density at radius 2 is 0.883 bits per heavy atom. The number of aromatic amines is 1. The third kappa shape index (κ3) is 19.1. The molecule has 0 saturated carbocycles. The SMILES string of the molecule is CC(C)[C@H](NC(=O)[C@H](CCC(=O)O)NC(=O)[C@H](Cc1ccccc1)NC(=O)[C@H](Cc1ccc(O)cc1)NC(=O)[C@@H](NC(=O)[C@@H](N)CCC(=O)O)C(C)C)C(=O)N[C@H](C(=O)N[C@@H](Cc1c[nH]c2ccccc12)C(=O)O)C(C)C. The maximum Gasteiger partial charge on any atom is 0.326 e. The summed E-state index contributed by atoms with van der Waals surface area (Å²) >= 11 is 0. The van der Waals surface area contributed by atoms with Crippen LogP contribution in [-0.2, 0) is 67.2 Å². The molecule has 0 aliphatic heterocycles. The van der Waals surface area contributed by atoms with Crippen LogP contribution in [0.4, 0.5) is 0 Å². The maximum absolute atomic E-state index is 14.5. The van der Waals surface area contributed by atoms with Gasteiger partial charge >= 0.3 is 17.9 Å². The van der Waals surface area contributed by atoms with Crippen LogP contribution in [0.15, 0.2) is 85.1 Å². The van der Waals surface area contributed by atoms with Crippen LogP contribution in [0.1, 0.15) is 83.9 Å². The van der Waals surface area contributed by atoms with E-state index in [4.69, 9.17) is 10.8 Å². The summed E-state index contributed by atoms with van der Waals surface area (Å²) in [5, 5.41) is 57.7. The lowest BCUT2D eigenvalue weighted by atomic mass is 9.98. The van der Waals surface area contributed by atoms with E-state index in [1.54, 1.807) is 84.1 Å². The predicted octanol–water partition coefficient (Wildman–Crippen LogP) is 1.40. The molecule has 0 aliphatic rings. The molecule has 0 fully saturated rings. The Balaban J connectivity index is 1.58. The number of aromatic hydroxyl groups is 1. The van der Waals surface area contributed by atoms with Gasteiger partial charge in [-0.05, 0) is 65.5 Å². The highest BCUT2D eigenvalue weighted by atomic mass is 16.4. The molecule has 4 aromatic rings. The number of carboxylic acids is 3. The van der Waals surface area contributed by atoms with Gasteiger partial charge in [0.15, 0.2) is 0 Å². The fraction of sp³-hybridized carbons (Fsp3) is 0.444. The third-order valence-electron chi connectivity index (χ3n) is 12.7. The summed E-state index contributed by atoms with van der Waals surface area (Å²) in [5.41, 5.74) is 8.31. The third-order valence-corrected chi connectivity index (χ3v) is 12.7. The lowest BCUT2D eigenvalue weighted by molar-refractivity contribution is -0.142. The van der Waals surface area contributed by atoms with E-state index in [2.05, 4.69) is 42.2 Å². The molecule has 1 heterocycles. The molecular weight excluding hydrogens is 999 g/mol. The van der Waals surface area contributed by atoms with E-state index in [1.165, 1.54) is 24.3 Å². The van der Waals surface area contributed by atoms with Crippen LogP contribution in [0.5, 0.6) is 5.75 Å². The Morgan fingerprint density at radius 1 is 0.468 bits per heavy atom. The number of carbonyl (C=O) groups excluding carboxylic acids is 7. The van der Waals surface area contributed by atoms with Gasteiger partial charge in [0, 0.05) is 49.2 Å². The van der Waals surface area contributed by atoms with Gasteiger partial charge in [0.05, 0.1) is 6.04 Å². The normalized spacial score (nSPS) is 14.4. The summed E-state index contributed by atoms with van der Waals surface area (Å²) in [4.78, 5) is 136. The standard InChI is InChI=1S/C54H71N9O14/c1-28(2)44(61-47(69)36(55)20-22-42(65)66)51(73)59-40(25-32-16-18-34(64)19-17-32)50(72)58-39(24-31-12-8-7-9-13-31)49(71)57-38(21-23-43(67)68)48(70)62-46(30(5)6)53(75)63-45(29(3)4)52(74)60-41(54(76)77)26-33-27-56-37-15-11-10-14-35(33)37/h7-19,27-30,36,38-41,44-46,56,64H,20-26,55H2,1-6H3,(H,57,71)(H,58,72)(H,59,73)(H,60,74)(H,61,69)(H,62,70)(H,63,75)(H,65,66)(H,67,68)(H,76,77)/t36-,38-,39-,40-,41-,44-,45-,46-/m0/s1. The first kappa shape index (κ1) is 61.2. The number of phenolic OH excluding ortho intramolecular Hbond substituents is 1. The lowest BCUT2D eigenvalue weighted by Gasteiger charge is -2.30. The average Bonchev–Trinajstić information content (AvgIpc) is 3.78. The number of nitrogens with two attached hydrogens (primary N) is 1. The summed E-state index contributed by atoms with van der Waals surface area (Å²) in [6, 6.07) is 10.1. The van der Waals surface area contributed by atoms with Gasteiger partial charge in [-0.15, -0.1) is 0 Å². The topological polar surface area (TPSA) is 378 Å². The molecule has 416 valence electrons. The van der Waals surface area contributed by atoms with Crippen molar-refractivity contribution in [3.8, 4) is 5.75 Å². The predicted molar refractivity (Wildman–Crippen MR) is 281 cm³/mol. The van der Waals surface area contributed by atoms with Gasteiger partial charge in [-0.3, -0.25) is 43.2 Å². The number of nitrogens with one attached hydrogen (secondary N) is 8. The van der Waals surface area contributed by atoms with Crippen molar-refractivity contribution in [2.45, 2.75) is 135 Å². The van der Waals surface area contributed by atoms with E-state index in [9.17, 15) is 63.3 Å². The summed E-state index contributed by atoms with van der Waals surface area (Å²) < 4.78 is 0. The first-order valence-corrected chi connectivity index (χ1v) is 25.3. The number of carboxylic acid groups (broad SMARTS) is 3. The molecule has 0 saturated heterocycles. The molecule has 77 heavy (non-hydrogen) atoms. The van der Waals surface area contributed by atoms with Gasteiger partial charge in [0.1, 0.15) is 48.0 Å². The Kier molecular flexibility index (Phi) is 23.1.